The largest absolute Gasteiger partial charge is 0.543 e. The summed E-state index contributed by atoms with van der Waals surface area (Å²) in [5.74, 6) is 0.393. The molecule has 4 aromatic rings. The molecule has 0 fully saturated rings. The van der Waals surface area contributed by atoms with Crippen LogP contribution >= 0.6 is 0 Å². The van der Waals surface area contributed by atoms with Gasteiger partial charge in [-0.05, 0) is 121 Å². The second-order valence-corrected chi connectivity index (χ2v) is 27.0. The molecular weight excluding hydrogens is 673 g/mol. The van der Waals surface area contributed by atoms with Crippen LogP contribution in [0.25, 0.3) is 0 Å². The van der Waals surface area contributed by atoms with E-state index in [1.807, 2.05) is 18.2 Å². The number of carbonyl (C=O) groups is 1. The molecule has 0 bridgehead atoms. The highest BCUT2D eigenvalue weighted by Crippen LogP contribution is 2.51. The summed E-state index contributed by atoms with van der Waals surface area (Å²) >= 11 is 0. The first-order valence-electron chi connectivity index (χ1n) is 17.9. The Morgan fingerprint density at radius 2 is 1.12 bits per heavy atom. The zero-order valence-corrected chi connectivity index (χ0v) is 35.0. The van der Waals surface area contributed by atoms with Crippen molar-refractivity contribution in [3.8, 4) is 11.5 Å². The Balaban J connectivity index is 1.72. The van der Waals surface area contributed by atoms with E-state index in [0.29, 0.717) is 11.3 Å². The molecule has 272 valence electrons. The minimum atomic E-state index is -2.15. The highest BCUT2D eigenvalue weighted by Gasteiger charge is 2.51. The lowest BCUT2D eigenvalue weighted by molar-refractivity contribution is -0.118. The predicted molar refractivity (Wildman–Crippen MR) is 212 cm³/mol. The van der Waals surface area contributed by atoms with Gasteiger partial charge in [-0.2, -0.15) is 0 Å². The number of benzene rings is 4. The molecule has 5 rings (SSSR count). The van der Waals surface area contributed by atoms with Crippen molar-refractivity contribution < 1.29 is 22.4 Å². The Morgan fingerprint density at radius 3 is 1.53 bits per heavy atom. The van der Waals surface area contributed by atoms with E-state index in [0.717, 1.165) is 62.1 Å². The summed E-state index contributed by atoms with van der Waals surface area (Å²) in [6.07, 6.45) is 0.262. The van der Waals surface area contributed by atoms with Crippen LogP contribution in [-0.2, 0) is 16.6 Å². The summed E-state index contributed by atoms with van der Waals surface area (Å²) < 4.78 is 42.1. The fourth-order valence-electron chi connectivity index (χ4n) is 6.57. The summed E-state index contributed by atoms with van der Waals surface area (Å²) in [4.78, 5) is 14.8. The van der Waals surface area contributed by atoms with E-state index in [1.54, 1.807) is 0 Å². The normalized spacial score (nSPS) is 14.7. The predicted octanol–water partition coefficient (Wildman–Crippen LogP) is 11.8. The van der Waals surface area contributed by atoms with E-state index in [9.17, 15) is 13.6 Å². The average molecular weight is 728 g/mol. The summed E-state index contributed by atoms with van der Waals surface area (Å²) in [6.45, 7) is 30.6. The molecule has 0 unspecified atom stereocenters. The number of hydrogen-bond acceptors (Lipinski definition) is 3. The molecule has 4 aromatic carbocycles. The van der Waals surface area contributed by atoms with E-state index in [4.69, 9.17) is 8.85 Å². The quantitative estimate of drug-likeness (QED) is 0.184. The second kappa shape index (κ2) is 13.0. The first-order chi connectivity index (χ1) is 23.4. The van der Waals surface area contributed by atoms with Crippen LogP contribution in [0.4, 0.5) is 14.5 Å². The van der Waals surface area contributed by atoms with Crippen molar-refractivity contribution in [3.05, 3.63) is 122 Å². The minimum Gasteiger partial charge on any atom is -0.543 e. The van der Waals surface area contributed by atoms with Gasteiger partial charge in [0.15, 0.2) is 0 Å². The van der Waals surface area contributed by atoms with Crippen molar-refractivity contribution in [1.82, 2.24) is 0 Å². The van der Waals surface area contributed by atoms with E-state index in [2.05, 4.69) is 125 Å². The van der Waals surface area contributed by atoms with Gasteiger partial charge in [0.05, 0.1) is 0 Å². The van der Waals surface area contributed by atoms with Gasteiger partial charge in [0.2, 0.25) is 5.91 Å². The van der Waals surface area contributed by atoms with Gasteiger partial charge in [-0.25, -0.2) is 8.78 Å². The summed E-state index contributed by atoms with van der Waals surface area (Å²) in [5, 5.41) is 3.26. The van der Waals surface area contributed by atoms with Gasteiger partial charge >= 0.3 is 0 Å². The molecule has 1 N–H and O–H groups in total. The first-order valence-corrected chi connectivity index (χ1v) is 23.7. The molecule has 51 heavy (non-hydrogen) atoms. The summed E-state index contributed by atoms with van der Waals surface area (Å²) in [6, 6.07) is 17.9. The molecule has 1 aliphatic heterocycles. The van der Waals surface area contributed by atoms with Crippen molar-refractivity contribution in [2.75, 3.05) is 5.32 Å². The third-order valence-corrected chi connectivity index (χ3v) is 20.3. The van der Waals surface area contributed by atoms with Crippen molar-refractivity contribution in [1.29, 1.82) is 0 Å². The van der Waals surface area contributed by atoms with Crippen LogP contribution in [0.3, 0.4) is 0 Å². The van der Waals surface area contributed by atoms with Crippen LogP contribution in [0, 0.1) is 39.3 Å². The Bertz CT molecular complexity index is 1890. The third kappa shape index (κ3) is 6.94. The minimum absolute atomic E-state index is 0.0217. The van der Waals surface area contributed by atoms with Crippen molar-refractivity contribution in [2.45, 2.75) is 117 Å². The van der Waals surface area contributed by atoms with Crippen LogP contribution < -0.4 is 14.2 Å². The van der Waals surface area contributed by atoms with Crippen LogP contribution in [0.15, 0.2) is 60.7 Å². The van der Waals surface area contributed by atoms with Gasteiger partial charge in [0.1, 0.15) is 28.5 Å². The SMILES string of the molecule is Cc1cc(C2(c3cc(C)c(O[Si](C)(C)C(C)(C)C)c(C)c3)C(=O)Nc3cc(Cc4ccc(F)cc4F)ccc32)cc(C)c1O[Si](C)(C)C(C)(C)C. The van der Waals surface area contributed by atoms with Crippen LogP contribution in [-0.4, -0.2) is 22.5 Å². The lowest BCUT2D eigenvalue weighted by atomic mass is 9.68. The van der Waals surface area contributed by atoms with Crippen molar-refractivity contribution in [2.24, 2.45) is 0 Å². The molecule has 0 aromatic heterocycles. The average Bonchev–Trinajstić information content (AvgIpc) is 3.28. The van der Waals surface area contributed by atoms with Gasteiger partial charge in [-0.3, -0.25) is 4.79 Å². The van der Waals surface area contributed by atoms with Crippen LogP contribution in [0.1, 0.15) is 91.6 Å². The zero-order valence-electron chi connectivity index (χ0n) is 33.0. The van der Waals surface area contributed by atoms with Crippen molar-refractivity contribution in [3.63, 3.8) is 0 Å². The third-order valence-electron chi connectivity index (χ3n) is 11.6. The van der Waals surface area contributed by atoms with Gasteiger partial charge in [-0.15, -0.1) is 0 Å². The van der Waals surface area contributed by atoms with Gasteiger partial charge < -0.3 is 14.2 Å². The maximum atomic E-state index is 14.8. The van der Waals surface area contributed by atoms with Crippen molar-refractivity contribution >= 4 is 28.2 Å². The number of nitrogens with one attached hydrogen (secondary N) is 1. The topological polar surface area (TPSA) is 47.6 Å². The molecule has 0 atom stereocenters. The molecule has 8 heteroatoms. The Kier molecular flexibility index (Phi) is 9.83. The van der Waals surface area contributed by atoms with E-state index in [-0.39, 0.29) is 22.4 Å². The molecule has 4 nitrogen and oxygen atoms in total. The van der Waals surface area contributed by atoms with E-state index < -0.39 is 33.7 Å². The van der Waals surface area contributed by atoms with Crippen LogP contribution in [0.2, 0.25) is 36.3 Å². The molecule has 0 spiro atoms. The lowest BCUT2D eigenvalue weighted by Crippen LogP contribution is -2.44. The number of anilines is 1. The molecule has 0 aliphatic carbocycles. The smallest absolute Gasteiger partial charge is 0.250 e. The van der Waals surface area contributed by atoms with Gasteiger partial charge in [-0.1, -0.05) is 84.0 Å². The Labute approximate surface area is 306 Å². The maximum absolute atomic E-state index is 14.8. The number of rotatable bonds is 8. The number of carbonyl (C=O) groups excluding carboxylic acids is 1. The standard InChI is InChI=1S/C43H55F2NO3Si2/c1-26-19-32(20-27(2)38(26)48-50(11,12)41(5,6)7)43(33-21-28(3)39(29(4)22-33)49-51(13,14)42(8,9)10)35-18-15-30(24-37(35)46-40(43)47)23-31-16-17-34(44)25-36(31)45/h15-22,24-25H,23H2,1-14H3,(H,46,47). The molecule has 0 saturated carbocycles. The van der Waals surface area contributed by atoms with Gasteiger partial charge in [0.25, 0.3) is 16.6 Å². The maximum Gasteiger partial charge on any atom is 0.250 e. The van der Waals surface area contributed by atoms with E-state index in [1.165, 1.54) is 12.1 Å². The number of hydrogen-bond donors (Lipinski definition) is 1. The summed E-state index contributed by atoms with van der Waals surface area (Å²) in [5.41, 5.74) is 7.14. The monoisotopic (exact) mass is 727 g/mol. The fraction of sp³-hybridized carbons (Fsp3) is 0.419. The van der Waals surface area contributed by atoms with Crippen LogP contribution in [0.5, 0.6) is 11.5 Å². The number of halogens is 2. The molecule has 1 amide bonds. The zero-order chi connectivity index (χ0) is 38.1. The molecular formula is C43H55F2NO3Si2. The number of amides is 1. The molecule has 0 saturated heterocycles. The Hall–Kier alpha value is -3.76. The number of aryl methyl sites for hydroxylation is 4. The first kappa shape index (κ1) is 38.5. The highest BCUT2D eigenvalue weighted by atomic mass is 28.4. The Morgan fingerprint density at radius 1 is 0.667 bits per heavy atom. The lowest BCUT2D eigenvalue weighted by Gasteiger charge is -2.38. The molecule has 1 aliphatic rings. The fourth-order valence-corrected chi connectivity index (χ4v) is 8.84. The number of fused-ring (bicyclic) bond motifs is 1. The van der Waals surface area contributed by atoms with E-state index >= 15 is 0 Å². The summed E-state index contributed by atoms with van der Waals surface area (Å²) in [7, 11) is -4.30. The molecule has 0 radical (unpaired) electrons. The van der Waals surface area contributed by atoms with Gasteiger partial charge in [0, 0.05) is 23.7 Å². The second-order valence-electron chi connectivity index (χ2n) is 17.6. The molecule has 1 heterocycles. The highest BCUT2D eigenvalue weighted by molar-refractivity contribution is 6.75.